The molecule has 0 heterocycles. The molecule has 1 aliphatic rings. The quantitative estimate of drug-likeness (QED) is 0.798. The van der Waals surface area contributed by atoms with Crippen molar-refractivity contribution in [3.05, 3.63) is 0 Å². The summed E-state index contributed by atoms with van der Waals surface area (Å²) in [4.78, 5) is 23.1. The third kappa shape index (κ3) is 5.21. The van der Waals surface area contributed by atoms with Gasteiger partial charge in [-0.25, -0.2) is 0 Å². The van der Waals surface area contributed by atoms with E-state index in [1.165, 1.54) is 0 Å². The number of ether oxygens (including phenoxy) is 1. The monoisotopic (exact) mass is 269 g/mol. The zero-order valence-electron chi connectivity index (χ0n) is 12.6. The van der Waals surface area contributed by atoms with E-state index in [0.717, 1.165) is 25.7 Å². The van der Waals surface area contributed by atoms with Crippen LogP contribution in [-0.2, 0) is 14.3 Å². The van der Waals surface area contributed by atoms with Gasteiger partial charge in [0, 0.05) is 5.92 Å². The van der Waals surface area contributed by atoms with Crippen LogP contribution in [0.3, 0.4) is 0 Å². The maximum atomic E-state index is 11.9. The Morgan fingerprint density at radius 2 is 1.74 bits per heavy atom. The van der Waals surface area contributed by atoms with Gasteiger partial charge in [-0.1, -0.05) is 20.8 Å². The van der Waals surface area contributed by atoms with E-state index in [0.29, 0.717) is 17.9 Å². The Morgan fingerprint density at radius 3 is 2.21 bits per heavy atom. The summed E-state index contributed by atoms with van der Waals surface area (Å²) in [6.07, 6.45) is 4.05. The molecule has 4 nitrogen and oxygen atoms in total. The molecule has 1 N–H and O–H groups in total. The summed E-state index contributed by atoms with van der Waals surface area (Å²) < 4.78 is 4.79. The van der Waals surface area contributed by atoms with Crippen LogP contribution in [0.15, 0.2) is 0 Å². The minimum absolute atomic E-state index is 0.000382. The lowest BCUT2D eigenvalue weighted by atomic mass is 9.70. The zero-order valence-corrected chi connectivity index (χ0v) is 12.6. The van der Waals surface area contributed by atoms with Gasteiger partial charge in [0.15, 0.2) is 0 Å². The number of nitrogens with one attached hydrogen (secondary N) is 1. The molecule has 1 fully saturated rings. The van der Waals surface area contributed by atoms with Gasteiger partial charge in [-0.3, -0.25) is 9.59 Å². The van der Waals surface area contributed by atoms with Gasteiger partial charge < -0.3 is 10.1 Å². The molecule has 1 aliphatic carbocycles. The van der Waals surface area contributed by atoms with Crippen molar-refractivity contribution < 1.29 is 14.3 Å². The van der Waals surface area contributed by atoms with Crippen molar-refractivity contribution in [2.24, 2.45) is 17.3 Å². The van der Waals surface area contributed by atoms with Gasteiger partial charge in [0.05, 0.1) is 6.61 Å². The summed E-state index contributed by atoms with van der Waals surface area (Å²) >= 11 is 0. The summed E-state index contributed by atoms with van der Waals surface area (Å²) in [7, 11) is 0. The molecule has 0 saturated heterocycles. The maximum absolute atomic E-state index is 11.9. The van der Waals surface area contributed by atoms with Crippen LogP contribution < -0.4 is 5.32 Å². The standard InChI is InChI=1S/C15H27NO3/c1-5-19-13(17)10-16-14(18)11-6-8-12(9-7-11)15(2,3)4/h11-12H,5-10H2,1-4H3,(H,16,18). The fourth-order valence-corrected chi connectivity index (χ4v) is 2.74. The Labute approximate surface area is 116 Å². The van der Waals surface area contributed by atoms with Gasteiger partial charge in [0.1, 0.15) is 6.54 Å². The Kier molecular flexibility index (Phi) is 5.83. The Bertz CT molecular complexity index is 312. The van der Waals surface area contributed by atoms with Crippen LogP contribution in [0.2, 0.25) is 0 Å². The molecule has 0 aromatic carbocycles. The molecule has 0 aromatic rings. The van der Waals surface area contributed by atoms with Crippen molar-refractivity contribution in [2.75, 3.05) is 13.2 Å². The number of carbonyl (C=O) groups excluding carboxylic acids is 2. The van der Waals surface area contributed by atoms with E-state index in [1.54, 1.807) is 6.92 Å². The lowest BCUT2D eigenvalue weighted by molar-refractivity contribution is -0.144. The highest BCUT2D eigenvalue weighted by atomic mass is 16.5. The fraction of sp³-hybridized carbons (Fsp3) is 0.867. The fourth-order valence-electron chi connectivity index (χ4n) is 2.74. The highest BCUT2D eigenvalue weighted by Crippen LogP contribution is 2.39. The molecule has 19 heavy (non-hydrogen) atoms. The van der Waals surface area contributed by atoms with Crippen molar-refractivity contribution in [2.45, 2.75) is 53.4 Å². The Balaban J connectivity index is 2.31. The molecule has 0 aliphatic heterocycles. The Morgan fingerprint density at radius 1 is 1.16 bits per heavy atom. The summed E-state index contributed by atoms with van der Waals surface area (Å²) in [5, 5.41) is 2.68. The first-order valence-corrected chi connectivity index (χ1v) is 7.28. The second kappa shape index (κ2) is 6.92. The van der Waals surface area contributed by atoms with E-state index in [-0.39, 0.29) is 24.3 Å². The molecule has 0 unspecified atom stereocenters. The first-order chi connectivity index (χ1) is 8.84. The third-order valence-corrected chi connectivity index (χ3v) is 4.03. The van der Waals surface area contributed by atoms with Crippen LogP contribution in [0.4, 0.5) is 0 Å². The molecule has 110 valence electrons. The predicted octanol–water partition coefficient (Wildman–Crippen LogP) is 2.52. The summed E-state index contributed by atoms with van der Waals surface area (Å²) in [5.74, 6) is 0.397. The number of carbonyl (C=O) groups is 2. The van der Waals surface area contributed by atoms with E-state index in [1.807, 2.05) is 0 Å². The lowest BCUT2D eigenvalue weighted by Gasteiger charge is -2.36. The van der Waals surface area contributed by atoms with Gasteiger partial charge in [-0.2, -0.15) is 0 Å². The predicted molar refractivity (Wildman–Crippen MR) is 74.5 cm³/mol. The van der Waals surface area contributed by atoms with E-state index in [9.17, 15) is 9.59 Å². The van der Waals surface area contributed by atoms with Crippen LogP contribution in [0, 0.1) is 17.3 Å². The number of hydrogen-bond acceptors (Lipinski definition) is 3. The van der Waals surface area contributed by atoms with Crippen LogP contribution in [-0.4, -0.2) is 25.0 Å². The minimum Gasteiger partial charge on any atom is -0.465 e. The first kappa shape index (κ1) is 16.0. The van der Waals surface area contributed by atoms with Gasteiger partial charge in [-0.05, 0) is 43.9 Å². The highest BCUT2D eigenvalue weighted by molar-refractivity contribution is 5.83. The molecule has 4 heteroatoms. The van der Waals surface area contributed by atoms with Crippen molar-refractivity contribution >= 4 is 11.9 Å². The molecular weight excluding hydrogens is 242 g/mol. The second-order valence-electron chi connectivity index (χ2n) is 6.44. The number of hydrogen-bond donors (Lipinski definition) is 1. The zero-order chi connectivity index (χ0) is 14.5. The first-order valence-electron chi connectivity index (χ1n) is 7.28. The van der Waals surface area contributed by atoms with E-state index in [2.05, 4.69) is 26.1 Å². The van der Waals surface area contributed by atoms with Gasteiger partial charge in [0.25, 0.3) is 0 Å². The van der Waals surface area contributed by atoms with Crippen molar-refractivity contribution in [1.29, 1.82) is 0 Å². The maximum Gasteiger partial charge on any atom is 0.325 e. The van der Waals surface area contributed by atoms with Crippen LogP contribution in [0.1, 0.15) is 53.4 Å². The van der Waals surface area contributed by atoms with Crippen LogP contribution in [0.5, 0.6) is 0 Å². The smallest absolute Gasteiger partial charge is 0.325 e. The number of rotatable bonds is 4. The largest absolute Gasteiger partial charge is 0.465 e. The normalized spacial score (nSPS) is 23.8. The molecule has 1 amide bonds. The molecule has 1 saturated carbocycles. The lowest BCUT2D eigenvalue weighted by Crippen LogP contribution is -2.38. The van der Waals surface area contributed by atoms with Gasteiger partial charge in [0.2, 0.25) is 5.91 Å². The minimum atomic E-state index is -0.362. The van der Waals surface area contributed by atoms with E-state index >= 15 is 0 Å². The summed E-state index contributed by atoms with van der Waals surface area (Å²) in [6.45, 7) is 8.89. The molecule has 0 spiro atoms. The number of amides is 1. The molecule has 0 radical (unpaired) electrons. The molecule has 0 atom stereocenters. The highest BCUT2D eigenvalue weighted by Gasteiger charge is 2.32. The van der Waals surface area contributed by atoms with Crippen LogP contribution >= 0.6 is 0 Å². The van der Waals surface area contributed by atoms with Gasteiger partial charge in [-0.15, -0.1) is 0 Å². The van der Waals surface area contributed by atoms with E-state index in [4.69, 9.17) is 4.74 Å². The molecule has 1 rings (SSSR count). The Hall–Kier alpha value is -1.06. The van der Waals surface area contributed by atoms with Crippen molar-refractivity contribution in [3.8, 4) is 0 Å². The van der Waals surface area contributed by atoms with Crippen molar-refractivity contribution in [1.82, 2.24) is 5.32 Å². The van der Waals surface area contributed by atoms with E-state index < -0.39 is 0 Å². The molecule has 0 bridgehead atoms. The topological polar surface area (TPSA) is 55.4 Å². The average Bonchev–Trinajstić information content (AvgIpc) is 2.35. The van der Waals surface area contributed by atoms with Crippen molar-refractivity contribution in [3.63, 3.8) is 0 Å². The second-order valence-corrected chi connectivity index (χ2v) is 6.44. The molecular formula is C15H27NO3. The van der Waals surface area contributed by atoms with Gasteiger partial charge >= 0.3 is 5.97 Å². The average molecular weight is 269 g/mol. The third-order valence-electron chi connectivity index (χ3n) is 4.03. The summed E-state index contributed by atoms with van der Waals surface area (Å²) in [5.41, 5.74) is 0.326. The van der Waals surface area contributed by atoms with Crippen LogP contribution in [0.25, 0.3) is 0 Å². The molecule has 0 aromatic heterocycles. The summed E-state index contributed by atoms with van der Waals surface area (Å²) in [6, 6.07) is 0. The SMILES string of the molecule is CCOC(=O)CNC(=O)C1CCC(C(C)(C)C)CC1. The number of esters is 1.